The molecule has 0 saturated carbocycles. The number of hydrogen-bond acceptors (Lipinski definition) is 6. The van der Waals surface area contributed by atoms with Gasteiger partial charge in [-0.25, -0.2) is 0 Å². The van der Waals surface area contributed by atoms with Crippen molar-refractivity contribution in [2.45, 2.75) is 24.6 Å². The van der Waals surface area contributed by atoms with E-state index in [0.717, 1.165) is 0 Å². The quantitative estimate of drug-likeness (QED) is 0.241. The van der Waals surface area contributed by atoms with Gasteiger partial charge in [0.1, 0.15) is 18.3 Å². The smallest absolute Gasteiger partial charge is 0.180 e. The molecule has 68 valence electrons. The van der Waals surface area contributed by atoms with Gasteiger partial charge in [-0.05, 0) is 0 Å². The Labute approximate surface area is 63.0 Å². The second-order valence-electron chi connectivity index (χ2n) is 2.14. The maximum absolute atomic E-state index is 8.78. The molecule has 0 rings (SSSR count). The molecule has 6 heteroatoms. The van der Waals surface area contributed by atoms with Crippen molar-refractivity contribution in [2.24, 2.45) is 0 Å². The molecule has 0 saturated heterocycles. The van der Waals surface area contributed by atoms with Crippen molar-refractivity contribution in [1.29, 1.82) is 0 Å². The summed E-state index contributed by atoms with van der Waals surface area (Å²) in [6.45, 7) is -0.759. The average molecular weight is 168 g/mol. The lowest BCUT2D eigenvalue weighted by atomic mass is 10.1. The van der Waals surface area contributed by atoms with Gasteiger partial charge in [-0.2, -0.15) is 0 Å². The summed E-state index contributed by atoms with van der Waals surface area (Å²) in [6, 6.07) is 0. The minimum absolute atomic E-state index is 0.759. The molecule has 0 aliphatic heterocycles. The maximum Gasteiger partial charge on any atom is 0.180 e. The van der Waals surface area contributed by atoms with Gasteiger partial charge in [0.25, 0.3) is 0 Å². The minimum Gasteiger partial charge on any atom is -0.394 e. The number of aliphatic hydroxyl groups excluding tert-OH is 5. The van der Waals surface area contributed by atoms with Crippen molar-refractivity contribution < 1.29 is 30.6 Å². The highest BCUT2D eigenvalue weighted by molar-refractivity contribution is 4.75. The molecule has 0 aliphatic rings. The first-order chi connectivity index (χ1) is 5.00. The second kappa shape index (κ2) is 4.60. The molecule has 11 heavy (non-hydrogen) atoms. The van der Waals surface area contributed by atoms with Crippen LogP contribution in [0.5, 0.6) is 0 Å². The molecule has 0 aromatic rings. The summed E-state index contributed by atoms with van der Waals surface area (Å²) in [4.78, 5) is 0. The van der Waals surface area contributed by atoms with Crippen LogP contribution in [0.1, 0.15) is 0 Å². The Morgan fingerprint density at radius 1 is 0.818 bits per heavy atom. The van der Waals surface area contributed by atoms with E-state index >= 15 is 0 Å². The lowest BCUT2D eigenvalue weighted by molar-refractivity contribution is -0.180. The Hall–Kier alpha value is -0.240. The van der Waals surface area contributed by atoms with Crippen LogP contribution in [0.25, 0.3) is 0 Å². The van der Waals surface area contributed by atoms with Gasteiger partial charge in [0.05, 0.1) is 6.61 Å². The number of rotatable bonds is 4. The molecule has 0 fully saturated rings. The van der Waals surface area contributed by atoms with E-state index in [1.54, 1.807) is 0 Å². The molecular formula is C5H12O6. The molecule has 0 aromatic heterocycles. The molecule has 0 aliphatic carbocycles. The molecule has 6 N–H and O–H groups in total. The monoisotopic (exact) mass is 168 g/mol. The molecule has 0 amide bonds. The number of hydrogen-bond donors (Lipinski definition) is 6. The van der Waals surface area contributed by atoms with Crippen LogP contribution in [0.2, 0.25) is 0 Å². The van der Waals surface area contributed by atoms with Crippen LogP contribution in [-0.2, 0) is 0 Å². The third-order valence-electron chi connectivity index (χ3n) is 1.24. The van der Waals surface area contributed by atoms with Crippen LogP contribution in [0, 0.1) is 0 Å². The molecule has 0 radical (unpaired) electrons. The Balaban J connectivity index is 3.90. The fourth-order valence-electron chi connectivity index (χ4n) is 0.512. The summed E-state index contributed by atoms with van der Waals surface area (Å²) in [5.41, 5.74) is 0. The van der Waals surface area contributed by atoms with Crippen LogP contribution in [-0.4, -0.2) is 61.8 Å². The van der Waals surface area contributed by atoms with Gasteiger partial charge < -0.3 is 30.6 Å². The minimum atomic E-state index is -2.13. The van der Waals surface area contributed by atoms with E-state index in [1.165, 1.54) is 0 Å². The zero-order chi connectivity index (χ0) is 9.02. The van der Waals surface area contributed by atoms with Crippen molar-refractivity contribution >= 4 is 0 Å². The number of aliphatic hydroxyl groups is 6. The van der Waals surface area contributed by atoms with Crippen LogP contribution in [0.3, 0.4) is 0 Å². The zero-order valence-electron chi connectivity index (χ0n) is 5.70. The van der Waals surface area contributed by atoms with Crippen LogP contribution in [0.4, 0.5) is 0 Å². The van der Waals surface area contributed by atoms with Gasteiger partial charge >= 0.3 is 0 Å². The van der Waals surface area contributed by atoms with Gasteiger partial charge in [-0.1, -0.05) is 0 Å². The Morgan fingerprint density at radius 2 is 1.27 bits per heavy atom. The largest absolute Gasteiger partial charge is 0.394 e. The van der Waals surface area contributed by atoms with E-state index in [4.69, 9.17) is 30.6 Å². The van der Waals surface area contributed by atoms with Crippen molar-refractivity contribution in [2.75, 3.05) is 6.61 Å². The molecule has 0 bridgehead atoms. The van der Waals surface area contributed by atoms with E-state index in [2.05, 4.69) is 0 Å². The summed E-state index contributed by atoms with van der Waals surface area (Å²) in [6.07, 6.45) is -7.35. The predicted octanol–water partition coefficient (Wildman–Crippen LogP) is -3.63. The normalized spacial score (nSPS) is 19.9. The molecule has 3 atom stereocenters. The molecule has 0 spiro atoms. The summed E-state index contributed by atoms with van der Waals surface area (Å²) in [5, 5.41) is 50.9. The highest BCUT2D eigenvalue weighted by Crippen LogP contribution is 2.02. The Morgan fingerprint density at radius 3 is 1.55 bits per heavy atom. The van der Waals surface area contributed by atoms with Gasteiger partial charge in [0.15, 0.2) is 6.29 Å². The highest BCUT2D eigenvalue weighted by atomic mass is 16.5. The fraction of sp³-hybridized carbons (Fsp3) is 1.00. The summed E-state index contributed by atoms with van der Waals surface area (Å²) >= 11 is 0. The van der Waals surface area contributed by atoms with Gasteiger partial charge in [0, 0.05) is 0 Å². The van der Waals surface area contributed by atoms with Crippen molar-refractivity contribution in [3.05, 3.63) is 0 Å². The third kappa shape index (κ3) is 3.10. The first kappa shape index (κ1) is 10.8. The van der Waals surface area contributed by atoms with Crippen LogP contribution >= 0.6 is 0 Å². The van der Waals surface area contributed by atoms with Crippen molar-refractivity contribution in [3.63, 3.8) is 0 Å². The van der Waals surface area contributed by atoms with E-state index in [-0.39, 0.29) is 0 Å². The highest BCUT2D eigenvalue weighted by Gasteiger charge is 2.28. The molecule has 6 nitrogen and oxygen atoms in total. The summed E-state index contributed by atoms with van der Waals surface area (Å²) in [5.74, 6) is 0. The third-order valence-corrected chi connectivity index (χ3v) is 1.24. The van der Waals surface area contributed by atoms with Crippen LogP contribution < -0.4 is 0 Å². The summed E-state index contributed by atoms with van der Waals surface area (Å²) in [7, 11) is 0. The maximum atomic E-state index is 8.78. The van der Waals surface area contributed by atoms with Gasteiger partial charge in [-0.15, -0.1) is 0 Å². The lowest BCUT2D eigenvalue weighted by Gasteiger charge is -2.22. The van der Waals surface area contributed by atoms with E-state index in [1.807, 2.05) is 0 Å². The Kier molecular flexibility index (Phi) is 4.50. The fourth-order valence-corrected chi connectivity index (χ4v) is 0.512. The standard InChI is InChI=1S/C5H12O6/c6-1-2(7)3(8)4(9)5(10)11/h2-11H,1H2/t2-,3-,4-/m1/s1. The van der Waals surface area contributed by atoms with Gasteiger partial charge in [0.2, 0.25) is 0 Å². The summed E-state index contributed by atoms with van der Waals surface area (Å²) < 4.78 is 0. The van der Waals surface area contributed by atoms with Crippen molar-refractivity contribution in [1.82, 2.24) is 0 Å². The van der Waals surface area contributed by atoms with E-state index in [9.17, 15) is 0 Å². The van der Waals surface area contributed by atoms with E-state index < -0.39 is 31.2 Å². The molecule has 0 heterocycles. The van der Waals surface area contributed by atoms with E-state index in [0.29, 0.717) is 0 Å². The average Bonchev–Trinajstić information content (AvgIpc) is 2.00. The zero-order valence-corrected chi connectivity index (χ0v) is 5.70. The van der Waals surface area contributed by atoms with Gasteiger partial charge in [-0.3, -0.25) is 0 Å². The first-order valence-corrected chi connectivity index (χ1v) is 3.02. The topological polar surface area (TPSA) is 121 Å². The molecule has 0 aromatic carbocycles. The Bertz CT molecular complexity index is 105. The molecule has 0 unspecified atom stereocenters. The van der Waals surface area contributed by atoms with Crippen molar-refractivity contribution in [3.8, 4) is 0 Å². The lowest BCUT2D eigenvalue weighted by Crippen LogP contribution is -2.45. The van der Waals surface area contributed by atoms with Crippen LogP contribution in [0.15, 0.2) is 0 Å². The predicted molar refractivity (Wildman–Crippen MR) is 33.3 cm³/mol. The SMILES string of the molecule is OC[C@@H](O)[C@@H](O)[C@@H](O)C(O)O. The second-order valence-corrected chi connectivity index (χ2v) is 2.14. The molecular weight excluding hydrogens is 156 g/mol. The first-order valence-electron chi connectivity index (χ1n) is 3.02.